The highest BCUT2D eigenvalue weighted by molar-refractivity contribution is 5.86. The molecule has 1 aromatic carbocycles. The zero-order chi connectivity index (χ0) is 13.8. The molecule has 0 N–H and O–H groups in total. The van der Waals surface area contributed by atoms with Crippen molar-refractivity contribution in [2.75, 3.05) is 0 Å². The molecule has 0 bridgehead atoms. The van der Waals surface area contributed by atoms with Crippen LogP contribution in [0.25, 0.3) is 0 Å². The first-order valence-electron chi connectivity index (χ1n) is 5.58. The third-order valence-electron chi connectivity index (χ3n) is 2.53. The van der Waals surface area contributed by atoms with Crippen molar-refractivity contribution in [3.05, 3.63) is 63.9 Å². The van der Waals surface area contributed by atoms with Crippen molar-refractivity contribution in [1.82, 2.24) is 0 Å². The number of carbonyl (C=O) groups is 1. The van der Waals surface area contributed by atoms with E-state index in [4.69, 9.17) is 9.15 Å². The Bertz CT molecular complexity index is 590. The molecule has 0 saturated carbocycles. The second-order valence-electron chi connectivity index (χ2n) is 3.85. The molecule has 2 rings (SSSR count). The Balaban J connectivity index is 2.06. The maximum Gasteiger partial charge on any atom is 0.433 e. The molecule has 98 valence electrons. The van der Waals surface area contributed by atoms with Gasteiger partial charge >= 0.3 is 11.9 Å². The number of rotatable bonds is 4. The van der Waals surface area contributed by atoms with Crippen molar-refractivity contribution in [3.8, 4) is 0 Å². The second-order valence-corrected chi connectivity index (χ2v) is 3.85. The number of hydrogen-bond acceptors (Lipinski definition) is 5. The predicted octanol–water partition coefficient (Wildman–Crippen LogP) is 3.11. The van der Waals surface area contributed by atoms with Gasteiger partial charge in [-0.3, -0.25) is 10.1 Å². The summed E-state index contributed by atoms with van der Waals surface area (Å²) < 4.78 is 9.93. The van der Waals surface area contributed by atoms with E-state index in [1.807, 2.05) is 30.3 Å². The van der Waals surface area contributed by atoms with Gasteiger partial charge in [0.1, 0.15) is 11.0 Å². The fourth-order valence-electron chi connectivity index (χ4n) is 1.55. The SMILES string of the molecule is C[C@@H](OC(=O)c1ccc([N+](=O)[O-])o1)c1ccccc1. The van der Waals surface area contributed by atoms with E-state index in [9.17, 15) is 14.9 Å². The van der Waals surface area contributed by atoms with Crippen LogP contribution in [-0.4, -0.2) is 10.9 Å². The first kappa shape index (κ1) is 12.8. The monoisotopic (exact) mass is 261 g/mol. The molecule has 2 aromatic rings. The number of furan rings is 1. The van der Waals surface area contributed by atoms with Crippen LogP contribution in [0.15, 0.2) is 46.9 Å². The fourth-order valence-corrected chi connectivity index (χ4v) is 1.55. The summed E-state index contributed by atoms with van der Waals surface area (Å²) >= 11 is 0. The standard InChI is InChI=1S/C13H11NO5/c1-9(10-5-3-2-4-6-10)18-13(15)11-7-8-12(19-11)14(16)17/h2-9H,1H3/t9-/m1/s1. The van der Waals surface area contributed by atoms with Gasteiger partial charge in [-0.25, -0.2) is 4.79 Å². The smallest absolute Gasteiger partial charge is 0.433 e. The minimum absolute atomic E-state index is 0.186. The van der Waals surface area contributed by atoms with E-state index in [0.717, 1.165) is 11.6 Å². The minimum Gasteiger partial charge on any atom is -0.452 e. The largest absolute Gasteiger partial charge is 0.452 e. The van der Waals surface area contributed by atoms with Crippen LogP contribution in [0.3, 0.4) is 0 Å². The molecule has 0 aliphatic rings. The quantitative estimate of drug-likeness (QED) is 0.479. The third kappa shape index (κ3) is 2.98. The summed E-state index contributed by atoms with van der Waals surface area (Å²) in [5.74, 6) is -1.40. The van der Waals surface area contributed by atoms with Gasteiger partial charge in [0.15, 0.2) is 0 Å². The number of nitro groups is 1. The molecular weight excluding hydrogens is 250 g/mol. The van der Waals surface area contributed by atoms with Gasteiger partial charge in [0, 0.05) is 0 Å². The van der Waals surface area contributed by atoms with Gasteiger partial charge in [-0.15, -0.1) is 0 Å². The summed E-state index contributed by atoms with van der Waals surface area (Å²) in [6, 6.07) is 11.5. The van der Waals surface area contributed by atoms with E-state index in [-0.39, 0.29) is 5.76 Å². The average molecular weight is 261 g/mol. The van der Waals surface area contributed by atoms with Crippen molar-refractivity contribution in [1.29, 1.82) is 0 Å². The molecule has 6 nitrogen and oxygen atoms in total. The van der Waals surface area contributed by atoms with Crippen LogP contribution in [-0.2, 0) is 4.74 Å². The Hall–Kier alpha value is -2.63. The Kier molecular flexibility index (Phi) is 3.61. The summed E-state index contributed by atoms with van der Waals surface area (Å²) in [4.78, 5) is 21.5. The fraction of sp³-hybridized carbons (Fsp3) is 0.154. The Labute approximate surface area is 108 Å². The van der Waals surface area contributed by atoms with E-state index < -0.39 is 22.9 Å². The number of ether oxygens (including phenoxy) is 1. The van der Waals surface area contributed by atoms with Crippen LogP contribution in [0.5, 0.6) is 0 Å². The van der Waals surface area contributed by atoms with E-state index in [0.29, 0.717) is 0 Å². The lowest BCUT2D eigenvalue weighted by molar-refractivity contribution is -0.402. The number of carbonyl (C=O) groups excluding carboxylic acids is 1. The van der Waals surface area contributed by atoms with Crippen molar-refractivity contribution >= 4 is 11.9 Å². The van der Waals surface area contributed by atoms with Gasteiger partial charge in [-0.05, 0) is 18.6 Å². The van der Waals surface area contributed by atoms with Gasteiger partial charge in [0.05, 0.1) is 6.07 Å². The molecule has 1 aromatic heterocycles. The number of esters is 1. The molecule has 1 heterocycles. The van der Waals surface area contributed by atoms with E-state index in [1.54, 1.807) is 6.92 Å². The highest BCUT2D eigenvalue weighted by atomic mass is 16.7. The molecule has 0 fully saturated rings. The van der Waals surface area contributed by atoms with Crippen LogP contribution >= 0.6 is 0 Å². The lowest BCUT2D eigenvalue weighted by Crippen LogP contribution is -2.08. The van der Waals surface area contributed by atoms with Crippen LogP contribution in [0, 0.1) is 10.1 Å². The normalized spacial score (nSPS) is 11.8. The Morgan fingerprint density at radius 2 is 1.95 bits per heavy atom. The molecule has 0 radical (unpaired) electrons. The highest BCUT2D eigenvalue weighted by Gasteiger charge is 2.20. The summed E-state index contributed by atoms with van der Waals surface area (Å²) in [7, 11) is 0. The van der Waals surface area contributed by atoms with Crippen LogP contribution < -0.4 is 0 Å². The zero-order valence-electron chi connectivity index (χ0n) is 10.1. The lowest BCUT2D eigenvalue weighted by atomic mass is 10.1. The minimum atomic E-state index is -0.732. The lowest BCUT2D eigenvalue weighted by Gasteiger charge is -2.12. The van der Waals surface area contributed by atoms with Crippen molar-refractivity contribution in [2.24, 2.45) is 0 Å². The van der Waals surface area contributed by atoms with E-state index >= 15 is 0 Å². The number of nitrogens with zero attached hydrogens (tertiary/aromatic N) is 1. The predicted molar refractivity (Wildman–Crippen MR) is 65.6 cm³/mol. The second kappa shape index (κ2) is 5.34. The maximum absolute atomic E-state index is 11.7. The average Bonchev–Trinajstić information content (AvgIpc) is 2.89. The third-order valence-corrected chi connectivity index (χ3v) is 2.53. The van der Waals surface area contributed by atoms with Crippen molar-refractivity contribution in [3.63, 3.8) is 0 Å². The van der Waals surface area contributed by atoms with Gasteiger partial charge in [0.25, 0.3) is 0 Å². The highest BCUT2D eigenvalue weighted by Crippen LogP contribution is 2.21. The van der Waals surface area contributed by atoms with E-state index in [1.165, 1.54) is 6.07 Å². The maximum atomic E-state index is 11.7. The molecule has 0 unspecified atom stereocenters. The first-order valence-corrected chi connectivity index (χ1v) is 5.58. The molecule has 0 aliphatic carbocycles. The first-order chi connectivity index (χ1) is 9.08. The Morgan fingerprint density at radius 1 is 1.26 bits per heavy atom. The summed E-state index contributed by atoms with van der Waals surface area (Å²) in [6.07, 6.45) is -0.460. The number of hydrogen-bond donors (Lipinski definition) is 0. The molecule has 19 heavy (non-hydrogen) atoms. The molecule has 1 atom stereocenters. The van der Waals surface area contributed by atoms with Gasteiger partial charge in [-0.2, -0.15) is 0 Å². The summed E-state index contributed by atoms with van der Waals surface area (Å²) in [5, 5.41) is 10.4. The van der Waals surface area contributed by atoms with Crippen molar-refractivity contribution < 1.29 is 18.9 Å². The Morgan fingerprint density at radius 3 is 2.53 bits per heavy atom. The summed E-state index contributed by atoms with van der Waals surface area (Å²) in [6.45, 7) is 1.71. The van der Waals surface area contributed by atoms with Gasteiger partial charge in [-0.1, -0.05) is 30.3 Å². The molecule has 6 heteroatoms. The van der Waals surface area contributed by atoms with Gasteiger partial charge < -0.3 is 9.15 Å². The molecule has 0 spiro atoms. The molecule has 0 saturated heterocycles. The van der Waals surface area contributed by atoms with Crippen LogP contribution in [0.1, 0.15) is 29.1 Å². The zero-order valence-corrected chi connectivity index (χ0v) is 10.1. The van der Waals surface area contributed by atoms with Crippen LogP contribution in [0.2, 0.25) is 0 Å². The van der Waals surface area contributed by atoms with Crippen molar-refractivity contribution in [2.45, 2.75) is 13.0 Å². The molecule has 0 amide bonds. The van der Waals surface area contributed by atoms with E-state index in [2.05, 4.69) is 0 Å². The van der Waals surface area contributed by atoms with Gasteiger partial charge in [0.2, 0.25) is 5.76 Å². The molecular formula is C13H11NO5. The summed E-state index contributed by atoms with van der Waals surface area (Å²) in [5.41, 5.74) is 0.830. The molecule has 0 aliphatic heterocycles. The topological polar surface area (TPSA) is 82.6 Å². The number of benzene rings is 1. The van der Waals surface area contributed by atoms with Crippen LogP contribution in [0.4, 0.5) is 5.88 Å².